The number of hydrogen-bond donors (Lipinski definition) is 1. The minimum Gasteiger partial charge on any atom is -0.306 e. The second kappa shape index (κ2) is 6.37. The summed E-state index contributed by atoms with van der Waals surface area (Å²) in [6.45, 7) is 3.02. The molecule has 0 fully saturated rings. The Kier molecular flexibility index (Phi) is 4.32. The molecule has 0 spiro atoms. The zero-order valence-corrected chi connectivity index (χ0v) is 13.5. The topological polar surface area (TPSA) is 24.9 Å². The van der Waals surface area contributed by atoms with Gasteiger partial charge in [0.2, 0.25) is 0 Å². The summed E-state index contributed by atoms with van der Waals surface area (Å²) in [5.41, 5.74) is 3.59. The van der Waals surface area contributed by atoms with Gasteiger partial charge in [-0.2, -0.15) is 0 Å². The highest BCUT2D eigenvalue weighted by Crippen LogP contribution is 2.23. The second-order valence-electron chi connectivity index (χ2n) is 5.15. The van der Waals surface area contributed by atoms with Gasteiger partial charge in [0.1, 0.15) is 0 Å². The molecule has 0 saturated heterocycles. The Morgan fingerprint density at radius 2 is 1.95 bits per heavy atom. The van der Waals surface area contributed by atoms with E-state index in [1.807, 2.05) is 18.3 Å². The van der Waals surface area contributed by atoms with Gasteiger partial charge in [0.15, 0.2) is 0 Å². The van der Waals surface area contributed by atoms with Crippen molar-refractivity contribution in [2.75, 3.05) is 0 Å². The molecule has 1 atom stereocenters. The van der Waals surface area contributed by atoms with E-state index in [1.165, 1.54) is 16.5 Å². The molecular weight excluding hydrogens is 324 g/mol. The highest BCUT2D eigenvalue weighted by molar-refractivity contribution is 9.10. The van der Waals surface area contributed by atoms with Crippen molar-refractivity contribution in [3.8, 4) is 0 Å². The minimum absolute atomic E-state index is 0.296. The largest absolute Gasteiger partial charge is 0.306 e. The van der Waals surface area contributed by atoms with E-state index in [0.29, 0.717) is 6.04 Å². The van der Waals surface area contributed by atoms with Gasteiger partial charge in [0.05, 0.1) is 5.52 Å². The van der Waals surface area contributed by atoms with Crippen molar-refractivity contribution in [2.24, 2.45) is 0 Å². The molecule has 2 nitrogen and oxygen atoms in total. The molecule has 1 N–H and O–H groups in total. The van der Waals surface area contributed by atoms with Crippen LogP contribution in [0.5, 0.6) is 0 Å². The summed E-state index contributed by atoms with van der Waals surface area (Å²) < 4.78 is 1.15. The summed E-state index contributed by atoms with van der Waals surface area (Å²) >= 11 is 3.61. The standard InChI is InChI=1S/C18H17BrN2/c1-13(16-6-2-3-7-17(16)19)21-12-14-8-9-18-15(11-14)5-4-10-20-18/h2-11,13,21H,12H2,1H3/t13-/m1/s1. The summed E-state index contributed by atoms with van der Waals surface area (Å²) in [6, 6.07) is 19.1. The van der Waals surface area contributed by atoms with Crippen LogP contribution in [0.15, 0.2) is 65.3 Å². The Labute approximate surface area is 133 Å². The third-order valence-electron chi connectivity index (χ3n) is 3.65. The van der Waals surface area contributed by atoms with Crippen LogP contribution in [0.1, 0.15) is 24.1 Å². The number of aromatic nitrogens is 1. The zero-order chi connectivity index (χ0) is 14.7. The predicted molar refractivity (Wildman–Crippen MR) is 91.1 cm³/mol. The average molecular weight is 341 g/mol. The summed E-state index contributed by atoms with van der Waals surface area (Å²) in [6.07, 6.45) is 1.83. The Morgan fingerprint density at radius 1 is 1.10 bits per heavy atom. The van der Waals surface area contributed by atoms with E-state index in [4.69, 9.17) is 0 Å². The van der Waals surface area contributed by atoms with Crippen LogP contribution in [-0.4, -0.2) is 4.98 Å². The maximum Gasteiger partial charge on any atom is 0.0702 e. The third kappa shape index (κ3) is 3.31. The van der Waals surface area contributed by atoms with Gasteiger partial charge in [0.25, 0.3) is 0 Å². The number of rotatable bonds is 4. The number of pyridine rings is 1. The number of nitrogens with one attached hydrogen (secondary N) is 1. The Bertz CT molecular complexity index is 755. The van der Waals surface area contributed by atoms with Crippen LogP contribution in [0.25, 0.3) is 10.9 Å². The first-order valence-electron chi connectivity index (χ1n) is 7.05. The lowest BCUT2D eigenvalue weighted by atomic mass is 10.1. The molecule has 1 aromatic heterocycles. The van der Waals surface area contributed by atoms with Crippen LogP contribution >= 0.6 is 15.9 Å². The number of hydrogen-bond acceptors (Lipinski definition) is 2. The summed E-state index contributed by atoms with van der Waals surface area (Å²) in [5.74, 6) is 0. The lowest BCUT2D eigenvalue weighted by molar-refractivity contribution is 0.573. The van der Waals surface area contributed by atoms with Crippen LogP contribution in [-0.2, 0) is 6.54 Å². The number of fused-ring (bicyclic) bond motifs is 1. The molecule has 0 bridgehead atoms. The monoisotopic (exact) mass is 340 g/mol. The summed E-state index contributed by atoms with van der Waals surface area (Å²) in [5, 5.41) is 4.76. The van der Waals surface area contributed by atoms with E-state index in [0.717, 1.165) is 16.5 Å². The van der Waals surface area contributed by atoms with Crippen LogP contribution in [0, 0.1) is 0 Å². The van der Waals surface area contributed by atoms with E-state index >= 15 is 0 Å². The van der Waals surface area contributed by atoms with Gasteiger partial charge >= 0.3 is 0 Å². The fourth-order valence-corrected chi connectivity index (χ4v) is 3.07. The smallest absolute Gasteiger partial charge is 0.0702 e. The molecule has 0 saturated carbocycles. The number of nitrogens with zero attached hydrogens (tertiary/aromatic N) is 1. The van der Waals surface area contributed by atoms with Crippen LogP contribution < -0.4 is 5.32 Å². The fourth-order valence-electron chi connectivity index (χ4n) is 2.44. The Morgan fingerprint density at radius 3 is 2.81 bits per heavy atom. The maximum atomic E-state index is 4.35. The summed E-state index contributed by atoms with van der Waals surface area (Å²) in [7, 11) is 0. The average Bonchev–Trinajstić information content (AvgIpc) is 2.53. The first kappa shape index (κ1) is 14.2. The highest BCUT2D eigenvalue weighted by Gasteiger charge is 2.08. The number of benzene rings is 2. The van der Waals surface area contributed by atoms with E-state index < -0.39 is 0 Å². The van der Waals surface area contributed by atoms with Crippen molar-refractivity contribution in [2.45, 2.75) is 19.5 Å². The predicted octanol–water partition coefficient (Wildman–Crippen LogP) is 4.85. The van der Waals surface area contributed by atoms with Gasteiger partial charge < -0.3 is 5.32 Å². The molecule has 1 heterocycles. The molecule has 2 aromatic carbocycles. The van der Waals surface area contributed by atoms with E-state index in [-0.39, 0.29) is 0 Å². The van der Waals surface area contributed by atoms with Gasteiger partial charge in [-0.15, -0.1) is 0 Å². The van der Waals surface area contributed by atoms with Crippen molar-refractivity contribution in [1.82, 2.24) is 10.3 Å². The van der Waals surface area contributed by atoms with Crippen molar-refractivity contribution >= 4 is 26.8 Å². The minimum atomic E-state index is 0.296. The Hall–Kier alpha value is -1.71. The van der Waals surface area contributed by atoms with Crippen molar-refractivity contribution in [3.63, 3.8) is 0 Å². The highest BCUT2D eigenvalue weighted by atomic mass is 79.9. The molecule has 0 aliphatic carbocycles. The van der Waals surface area contributed by atoms with Crippen molar-refractivity contribution in [3.05, 3.63) is 76.4 Å². The van der Waals surface area contributed by atoms with Gasteiger partial charge in [0, 0.05) is 28.6 Å². The van der Waals surface area contributed by atoms with E-state index in [1.54, 1.807) is 0 Å². The van der Waals surface area contributed by atoms with Crippen LogP contribution in [0.3, 0.4) is 0 Å². The lowest BCUT2D eigenvalue weighted by Crippen LogP contribution is -2.18. The third-order valence-corrected chi connectivity index (χ3v) is 4.37. The van der Waals surface area contributed by atoms with Gasteiger partial charge in [-0.05, 0) is 42.3 Å². The molecule has 3 heteroatoms. The van der Waals surface area contributed by atoms with E-state index in [9.17, 15) is 0 Å². The van der Waals surface area contributed by atoms with Gasteiger partial charge in [-0.25, -0.2) is 0 Å². The normalized spacial score (nSPS) is 12.5. The molecule has 0 aliphatic heterocycles. The summed E-state index contributed by atoms with van der Waals surface area (Å²) in [4.78, 5) is 4.35. The lowest BCUT2D eigenvalue weighted by Gasteiger charge is -2.16. The second-order valence-corrected chi connectivity index (χ2v) is 6.01. The molecule has 0 aliphatic rings. The van der Waals surface area contributed by atoms with Crippen LogP contribution in [0.2, 0.25) is 0 Å². The van der Waals surface area contributed by atoms with Crippen LogP contribution in [0.4, 0.5) is 0 Å². The molecule has 3 rings (SSSR count). The molecule has 106 valence electrons. The van der Waals surface area contributed by atoms with Crippen molar-refractivity contribution in [1.29, 1.82) is 0 Å². The number of halogens is 1. The SMILES string of the molecule is C[C@@H](NCc1ccc2ncccc2c1)c1ccccc1Br. The van der Waals surface area contributed by atoms with Gasteiger partial charge in [-0.1, -0.05) is 46.3 Å². The molecule has 0 unspecified atom stereocenters. The molecule has 0 radical (unpaired) electrons. The first-order valence-corrected chi connectivity index (χ1v) is 7.85. The van der Waals surface area contributed by atoms with E-state index in [2.05, 4.69) is 75.6 Å². The first-order chi connectivity index (χ1) is 10.2. The molecule has 21 heavy (non-hydrogen) atoms. The Balaban J connectivity index is 1.73. The van der Waals surface area contributed by atoms with Crippen molar-refractivity contribution < 1.29 is 0 Å². The molecular formula is C18H17BrN2. The molecule has 0 amide bonds. The van der Waals surface area contributed by atoms with Gasteiger partial charge in [-0.3, -0.25) is 4.98 Å². The molecule has 3 aromatic rings. The maximum absolute atomic E-state index is 4.35. The quantitative estimate of drug-likeness (QED) is 0.734. The zero-order valence-electron chi connectivity index (χ0n) is 11.9. The fraction of sp³-hybridized carbons (Fsp3) is 0.167.